The molecule has 1 aromatic rings. The average Bonchev–Trinajstić information content (AvgIpc) is 2.21. The highest BCUT2D eigenvalue weighted by atomic mass is 35.5. The molecule has 0 aliphatic heterocycles. The van der Waals surface area contributed by atoms with E-state index in [-0.39, 0.29) is 5.57 Å². The Bertz CT molecular complexity index is 486. The third-order valence-electron chi connectivity index (χ3n) is 2.48. The van der Waals surface area contributed by atoms with Gasteiger partial charge >= 0.3 is 5.97 Å². The average molecular weight is 255 g/mol. The van der Waals surface area contributed by atoms with Crippen LogP contribution >= 0.6 is 11.6 Å². The number of allylic oxidation sites excluding steroid dienone is 1. The minimum absolute atomic E-state index is 0.284. The van der Waals surface area contributed by atoms with Gasteiger partial charge in [-0.1, -0.05) is 17.2 Å². The summed E-state index contributed by atoms with van der Waals surface area (Å²) >= 11 is 6.01. The molecule has 0 amide bonds. The van der Waals surface area contributed by atoms with E-state index in [1.807, 2.05) is 6.92 Å². The van der Waals surface area contributed by atoms with Crippen LogP contribution in [0.1, 0.15) is 25.0 Å². The molecular formula is C13H15ClO3. The fourth-order valence-electron chi connectivity index (χ4n) is 1.68. The van der Waals surface area contributed by atoms with Gasteiger partial charge in [0.25, 0.3) is 0 Å². The molecule has 17 heavy (non-hydrogen) atoms. The van der Waals surface area contributed by atoms with Gasteiger partial charge in [-0.05, 0) is 44.0 Å². The summed E-state index contributed by atoms with van der Waals surface area (Å²) in [4.78, 5) is 11.2. The van der Waals surface area contributed by atoms with Crippen LogP contribution in [-0.4, -0.2) is 18.2 Å². The number of hydrogen-bond donors (Lipinski definition) is 1. The lowest BCUT2D eigenvalue weighted by molar-refractivity contribution is -0.130. The third-order valence-corrected chi connectivity index (χ3v) is 2.78. The molecule has 0 saturated heterocycles. The zero-order valence-electron chi connectivity index (χ0n) is 10.3. The lowest BCUT2D eigenvalue weighted by Crippen LogP contribution is -2.04. The van der Waals surface area contributed by atoms with Crippen molar-refractivity contribution in [2.45, 2.75) is 20.8 Å². The van der Waals surface area contributed by atoms with Gasteiger partial charge in [-0.25, -0.2) is 4.79 Å². The number of aryl methyl sites for hydroxylation is 1. The number of rotatable bonds is 3. The second-order valence-electron chi connectivity index (χ2n) is 3.98. The maximum Gasteiger partial charge on any atom is 0.336 e. The number of aliphatic carboxylic acids is 1. The molecule has 92 valence electrons. The quantitative estimate of drug-likeness (QED) is 0.840. The Morgan fingerprint density at radius 2 is 1.94 bits per heavy atom. The van der Waals surface area contributed by atoms with E-state index in [1.54, 1.807) is 26.0 Å². The molecular weight excluding hydrogens is 240 g/mol. The zero-order valence-corrected chi connectivity index (χ0v) is 11.1. The SMILES string of the molecule is COc1cc(C)c(C(C(=O)O)=C(C)C)cc1Cl. The van der Waals surface area contributed by atoms with Crippen LogP contribution in [0, 0.1) is 6.92 Å². The van der Waals surface area contributed by atoms with Crippen LogP contribution in [-0.2, 0) is 4.79 Å². The predicted molar refractivity (Wildman–Crippen MR) is 68.6 cm³/mol. The van der Waals surface area contributed by atoms with Gasteiger partial charge < -0.3 is 9.84 Å². The molecule has 1 rings (SSSR count). The van der Waals surface area contributed by atoms with Gasteiger partial charge in [0.15, 0.2) is 0 Å². The van der Waals surface area contributed by atoms with E-state index in [0.29, 0.717) is 16.3 Å². The molecule has 0 fully saturated rings. The van der Waals surface area contributed by atoms with Crippen molar-refractivity contribution in [2.75, 3.05) is 7.11 Å². The fraction of sp³-hybridized carbons (Fsp3) is 0.308. The summed E-state index contributed by atoms with van der Waals surface area (Å²) in [5.41, 5.74) is 2.47. The van der Waals surface area contributed by atoms with Crippen LogP contribution in [0.3, 0.4) is 0 Å². The first kappa shape index (κ1) is 13.6. The first-order valence-corrected chi connectivity index (χ1v) is 5.51. The van der Waals surface area contributed by atoms with Gasteiger partial charge in [0.1, 0.15) is 5.75 Å². The summed E-state index contributed by atoms with van der Waals surface area (Å²) in [6.45, 7) is 5.36. The Hall–Kier alpha value is -1.48. The van der Waals surface area contributed by atoms with E-state index in [2.05, 4.69) is 0 Å². The summed E-state index contributed by atoms with van der Waals surface area (Å²) in [5.74, 6) is -0.402. The molecule has 0 saturated carbocycles. The minimum Gasteiger partial charge on any atom is -0.495 e. The number of carbonyl (C=O) groups is 1. The molecule has 0 heterocycles. The van der Waals surface area contributed by atoms with Gasteiger partial charge in [-0.3, -0.25) is 0 Å². The number of methoxy groups -OCH3 is 1. The molecule has 0 atom stereocenters. The molecule has 0 radical (unpaired) electrons. The Kier molecular flexibility index (Phi) is 4.18. The van der Waals surface area contributed by atoms with E-state index in [0.717, 1.165) is 11.1 Å². The molecule has 0 unspecified atom stereocenters. The Labute approximate surface area is 106 Å². The summed E-state index contributed by atoms with van der Waals surface area (Å²) in [6.07, 6.45) is 0. The van der Waals surface area contributed by atoms with Gasteiger partial charge in [0, 0.05) is 0 Å². The van der Waals surface area contributed by atoms with Gasteiger partial charge in [-0.15, -0.1) is 0 Å². The fourth-order valence-corrected chi connectivity index (χ4v) is 1.92. The summed E-state index contributed by atoms with van der Waals surface area (Å²) < 4.78 is 5.09. The smallest absolute Gasteiger partial charge is 0.336 e. The van der Waals surface area contributed by atoms with E-state index < -0.39 is 5.97 Å². The van der Waals surface area contributed by atoms with Crippen LogP contribution in [0.4, 0.5) is 0 Å². The summed E-state index contributed by atoms with van der Waals surface area (Å²) in [6, 6.07) is 3.37. The highest BCUT2D eigenvalue weighted by molar-refractivity contribution is 6.32. The first-order valence-electron chi connectivity index (χ1n) is 5.13. The Balaban J connectivity index is 3.47. The molecule has 0 bridgehead atoms. The highest BCUT2D eigenvalue weighted by Crippen LogP contribution is 2.32. The maximum atomic E-state index is 11.2. The largest absolute Gasteiger partial charge is 0.495 e. The Morgan fingerprint density at radius 3 is 2.35 bits per heavy atom. The standard InChI is InChI=1S/C13H15ClO3/c1-7(2)12(13(15)16)9-6-10(14)11(17-4)5-8(9)3/h5-6H,1-4H3,(H,15,16). The number of benzene rings is 1. The number of hydrogen-bond acceptors (Lipinski definition) is 2. The lowest BCUT2D eigenvalue weighted by atomic mass is 9.97. The Morgan fingerprint density at radius 1 is 1.35 bits per heavy atom. The molecule has 0 aliphatic rings. The third kappa shape index (κ3) is 2.80. The second kappa shape index (κ2) is 5.23. The van der Waals surface area contributed by atoms with Crippen molar-refractivity contribution in [3.8, 4) is 5.75 Å². The summed E-state index contributed by atoms with van der Waals surface area (Å²) in [7, 11) is 1.53. The molecule has 1 aromatic carbocycles. The van der Waals surface area contributed by atoms with Crippen molar-refractivity contribution in [3.05, 3.63) is 33.9 Å². The van der Waals surface area contributed by atoms with Crippen molar-refractivity contribution in [3.63, 3.8) is 0 Å². The van der Waals surface area contributed by atoms with Crippen molar-refractivity contribution >= 4 is 23.1 Å². The minimum atomic E-state index is -0.950. The van der Waals surface area contributed by atoms with Crippen molar-refractivity contribution in [2.24, 2.45) is 0 Å². The van der Waals surface area contributed by atoms with Crippen LogP contribution in [0.5, 0.6) is 5.75 Å². The first-order chi connectivity index (χ1) is 7.88. The number of carboxylic acid groups (broad SMARTS) is 1. The molecule has 0 aromatic heterocycles. The molecule has 0 spiro atoms. The zero-order chi connectivity index (χ0) is 13.2. The van der Waals surface area contributed by atoms with Crippen LogP contribution < -0.4 is 4.74 Å². The normalized spacial score (nSPS) is 9.94. The van der Waals surface area contributed by atoms with E-state index >= 15 is 0 Å². The van der Waals surface area contributed by atoms with Gasteiger partial charge in [-0.2, -0.15) is 0 Å². The molecule has 0 aliphatic carbocycles. The van der Waals surface area contributed by atoms with E-state index in [4.69, 9.17) is 16.3 Å². The number of carboxylic acids is 1. The van der Waals surface area contributed by atoms with E-state index in [1.165, 1.54) is 7.11 Å². The van der Waals surface area contributed by atoms with Crippen molar-refractivity contribution < 1.29 is 14.6 Å². The summed E-state index contributed by atoms with van der Waals surface area (Å²) in [5, 5.41) is 9.62. The molecule has 3 nitrogen and oxygen atoms in total. The van der Waals surface area contributed by atoms with Crippen LogP contribution in [0.2, 0.25) is 5.02 Å². The number of halogens is 1. The van der Waals surface area contributed by atoms with Gasteiger partial charge in [0.2, 0.25) is 0 Å². The molecule has 4 heteroatoms. The molecule has 1 N–H and O–H groups in total. The van der Waals surface area contributed by atoms with Crippen molar-refractivity contribution in [1.29, 1.82) is 0 Å². The monoisotopic (exact) mass is 254 g/mol. The van der Waals surface area contributed by atoms with Crippen molar-refractivity contribution in [1.82, 2.24) is 0 Å². The highest BCUT2D eigenvalue weighted by Gasteiger charge is 2.16. The van der Waals surface area contributed by atoms with Gasteiger partial charge in [0.05, 0.1) is 17.7 Å². The topological polar surface area (TPSA) is 46.5 Å². The maximum absolute atomic E-state index is 11.2. The van der Waals surface area contributed by atoms with E-state index in [9.17, 15) is 9.90 Å². The lowest BCUT2D eigenvalue weighted by Gasteiger charge is -2.12. The van der Waals surface area contributed by atoms with Crippen LogP contribution in [0.15, 0.2) is 17.7 Å². The number of ether oxygens (including phenoxy) is 1. The predicted octanol–water partition coefficient (Wildman–Crippen LogP) is 3.54. The van der Waals surface area contributed by atoms with Crippen LogP contribution in [0.25, 0.3) is 5.57 Å². The second-order valence-corrected chi connectivity index (χ2v) is 4.39.